The minimum absolute atomic E-state index is 0.141. The highest BCUT2D eigenvalue weighted by Crippen LogP contribution is 2.50. The third kappa shape index (κ3) is 3.16. The van der Waals surface area contributed by atoms with E-state index in [0.29, 0.717) is 11.3 Å². The van der Waals surface area contributed by atoms with Gasteiger partial charge in [-0.15, -0.1) is 0 Å². The first kappa shape index (κ1) is 15.1. The lowest BCUT2D eigenvalue weighted by Gasteiger charge is -2.30. The van der Waals surface area contributed by atoms with E-state index >= 15 is 0 Å². The van der Waals surface area contributed by atoms with E-state index in [1.807, 2.05) is 12.1 Å². The summed E-state index contributed by atoms with van der Waals surface area (Å²) >= 11 is 0. The number of anilines is 1. The van der Waals surface area contributed by atoms with Gasteiger partial charge in [0.1, 0.15) is 0 Å². The van der Waals surface area contributed by atoms with Crippen LogP contribution in [0.25, 0.3) is 0 Å². The number of aromatic nitrogens is 1. The van der Waals surface area contributed by atoms with E-state index in [-0.39, 0.29) is 6.03 Å². The third-order valence-electron chi connectivity index (χ3n) is 5.12. The average molecular weight is 299 g/mol. The highest BCUT2D eigenvalue weighted by Gasteiger charge is 2.37. The van der Waals surface area contributed by atoms with Gasteiger partial charge in [-0.2, -0.15) is 0 Å². The highest BCUT2D eigenvalue weighted by atomic mass is 16.2. The maximum Gasteiger partial charge on any atom is 0.319 e. The molecule has 2 N–H and O–H groups in total. The van der Waals surface area contributed by atoms with Crippen molar-refractivity contribution in [3.8, 4) is 0 Å². The molecular weight excluding hydrogens is 274 g/mol. The van der Waals surface area contributed by atoms with Crippen LogP contribution in [0.15, 0.2) is 35.7 Å². The molecule has 118 valence electrons. The molecule has 0 radical (unpaired) electrons. The van der Waals surface area contributed by atoms with Gasteiger partial charge in [0.05, 0.1) is 11.9 Å². The molecule has 0 saturated heterocycles. The summed E-state index contributed by atoms with van der Waals surface area (Å²) in [6, 6.07) is 3.51. The Morgan fingerprint density at radius 1 is 1.41 bits per heavy atom. The normalized spacial score (nSPS) is 23.1. The van der Waals surface area contributed by atoms with Crippen molar-refractivity contribution in [2.75, 3.05) is 11.9 Å². The number of urea groups is 1. The number of allylic oxidation sites excluding steroid dienone is 1. The molecule has 2 amide bonds. The molecule has 4 nitrogen and oxygen atoms in total. The van der Waals surface area contributed by atoms with E-state index in [2.05, 4.69) is 29.5 Å². The fraction of sp³-hybridized carbons (Fsp3) is 0.556. The molecule has 0 fully saturated rings. The smallest absolute Gasteiger partial charge is 0.319 e. The minimum Gasteiger partial charge on any atom is -0.337 e. The number of pyridine rings is 1. The third-order valence-corrected chi connectivity index (χ3v) is 5.12. The Balaban J connectivity index is 1.57. The van der Waals surface area contributed by atoms with Gasteiger partial charge in [0.15, 0.2) is 0 Å². The van der Waals surface area contributed by atoms with E-state index < -0.39 is 0 Å². The highest BCUT2D eigenvalue weighted by molar-refractivity contribution is 5.88. The maximum absolute atomic E-state index is 12.0. The average Bonchev–Trinajstić information content (AvgIpc) is 2.82. The standard InChI is InChI=1S/C18H25N3O/c1-18(2)9-8-15-13(5-3-7-16(15)18)11-20-17(22)21-14-6-4-10-19-12-14/h4,6,10,12-13H,3,5,7-9,11H2,1-2H3,(H2,20,21,22). The lowest BCUT2D eigenvalue weighted by atomic mass is 9.77. The van der Waals surface area contributed by atoms with Crippen LogP contribution >= 0.6 is 0 Å². The Morgan fingerprint density at radius 2 is 2.27 bits per heavy atom. The topological polar surface area (TPSA) is 54.0 Å². The quantitative estimate of drug-likeness (QED) is 0.825. The molecule has 1 aromatic heterocycles. The number of hydrogen-bond donors (Lipinski definition) is 2. The minimum atomic E-state index is -0.141. The molecule has 1 heterocycles. The van der Waals surface area contributed by atoms with E-state index in [9.17, 15) is 4.79 Å². The number of hydrogen-bond acceptors (Lipinski definition) is 2. The van der Waals surface area contributed by atoms with Gasteiger partial charge in [0.25, 0.3) is 0 Å². The molecule has 0 bridgehead atoms. The van der Waals surface area contributed by atoms with Gasteiger partial charge in [-0.1, -0.05) is 25.0 Å². The van der Waals surface area contributed by atoms with Crippen molar-refractivity contribution in [3.63, 3.8) is 0 Å². The lowest BCUT2D eigenvalue weighted by Crippen LogP contribution is -2.34. The second-order valence-electron chi connectivity index (χ2n) is 7.05. The first-order valence-corrected chi connectivity index (χ1v) is 8.23. The molecule has 22 heavy (non-hydrogen) atoms. The molecule has 0 aromatic carbocycles. The molecule has 1 unspecified atom stereocenters. The summed E-state index contributed by atoms with van der Waals surface area (Å²) in [6.45, 7) is 5.46. The van der Waals surface area contributed by atoms with Crippen molar-refractivity contribution in [1.29, 1.82) is 0 Å². The van der Waals surface area contributed by atoms with Crippen LogP contribution in [0.3, 0.4) is 0 Å². The molecule has 2 aliphatic carbocycles. The van der Waals surface area contributed by atoms with Crippen LogP contribution in [0, 0.1) is 11.3 Å². The number of carbonyl (C=O) groups excluding carboxylic acids is 1. The van der Waals surface area contributed by atoms with Crippen LogP contribution in [0.4, 0.5) is 10.5 Å². The molecule has 0 saturated carbocycles. The largest absolute Gasteiger partial charge is 0.337 e. The Bertz CT molecular complexity index is 577. The summed E-state index contributed by atoms with van der Waals surface area (Å²) in [5.41, 5.74) is 4.38. The van der Waals surface area contributed by atoms with E-state index in [1.54, 1.807) is 23.5 Å². The van der Waals surface area contributed by atoms with Gasteiger partial charge in [-0.05, 0) is 55.6 Å². The van der Waals surface area contributed by atoms with Crippen molar-refractivity contribution in [2.45, 2.75) is 46.0 Å². The predicted octanol–water partition coefficient (Wildman–Crippen LogP) is 4.12. The second kappa shape index (κ2) is 6.11. The van der Waals surface area contributed by atoms with E-state index in [1.165, 1.54) is 32.1 Å². The van der Waals surface area contributed by atoms with Crippen LogP contribution in [-0.4, -0.2) is 17.6 Å². The Kier molecular flexibility index (Phi) is 4.19. The molecule has 0 spiro atoms. The number of rotatable bonds is 3. The SMILES string of the molecule is CC1(C)CCC2=C1CCCC2CNC(=O)Nc1cccnc1. The fourth-order valence-electron chi connectivity index (χ4n) is 3.89. The number of nitrogens with zero attached hydrogens (tertiary/aromatic N) is 1. The Morgan fingerprint density at radius 3 is 3.05 bits per heavy atom. The van der Waals surface area contributed by atoms with Gasteiger partial charge in [-0.25, -0.2) is 4.79 Å². The molecular formula is C18H25N3O. The predicted molar refractivity (Wildman–Crippen MR) is 88.6 cm³/mol. The zero-order valence-electron chi connectivity index (χ0n) is 13.5. The van der Waals surface area contributed by atoms with Gasteiger partial charge in [0.2, 0.25) is 0 Å². The van der Waals surface area contributed by atoms with Crippen molar-refractivity contribution in [2.24, 2.45) is 11.3 Å². The van der Waals surface area contributed by atoms with Crippen molar-refractivity contribution >= 4 is 11.7 Å². The molecule has 3 rings (SSSR count). The summed E-state index contributed by atoms with van der Waals surface area (Å²) in [5.74, 6) is 0.519. The monoisotopic (exact) mass is 299 g/mol. The molecule has 2 aliphatic rings. The van der Waals surface area contributed by atoms with Crippen LogP contribution < -0.4 is 10.6 Å². The van der Waals surface area contributed by atoms with Crippen LogP contribution in [-0.2, 0) is 0 Å². The number of nitrogens with one attached hydrogen (secondary N) is 2. The fourth-order valence-corrected chi connectivity index (χ4v) is 3.89. The zero-order chi connectivity index (χ0) is 15.6. The first-order valence-electron chi connectivity index (χ1n) is 8.23. The van der Waals surface area contributed by atoms with Gasteiger partial charge < -0.3 is 10.6 Å². The molecule has 4 heteroatoms. The van der Waals surface area contributed by atoms with Gasteiger partial charge in [-0.3, -0.25) is 4.98 Å². The first-order chi connectivity index (χ1) is 10.6. The Hall–Kier alpha value is -1.84. The summed E-state index contributed by atoms with van der Waals surface area (Å²) in [4.78, 5) is 16.0. The maximum atomic E-state index is 12.0. The van der Waals surface area contributed by atoms with Crippen LogP contribution in [0.2, 0.25) is 0 Å². The van der Waals surface area contributed by atoms with Crippen molar-refractivity contribution < 1.29 is 4.79 Å². The van der Waals surface area contributed by atoms with Gasteiger partial charge in [0, 0.05) is 12.7 Å². The summed E-state index contributed by atoms with van der Waals surface area (Å²) in [5, 5.41) is 5.86. The summed E-state index contributed by atoms with van der Waals surface area (Å²) in [6.07, 6.45) is 9.51. The van der Waals surface area contributed by atoms with Gasteiger partial charge >= 0.3 is 6.03 Å². The van der Waals surface area contributed by atoms with Crippen LogP contribution in [0.5, 0.6) is 0 Å². The van der Waals surface area contributed by atoms with E-state index in [0.717, 1.165) is 12.2 Å². The van der Waals surface area contributed by atoms with Crippen molar-refractivity contribution in [1.82, 2.24) is 10.3 Å². The molecule has 1 atom stereocenters. The molecule has 1 aromatic rings. The number of amides is 2. The summed E-state index contributed by atoms with van der Waals surface area (Å²) < 4.78 is 0. The number of carbonyl (C=O) groups is 1. The second-order valence-corrected chi connectivity index (χ2v) is 7.05. The van der Waals surface area contributed by atoms with Crippen LogP contribution in [0.1, 0.15) is 46.0 Å². The summed E-state index contributed by atoms with van der Waals surface area (Å²) in [7, 11) is 0. The van der Waals surface area contributed by atoms with Crippen molar-refractivity contribution in [3.05, 3.63) is 35.7 Å². The van der Waals surface area contributed by atoms with E-state index in [4.69, 9.17) is 0 Å². The Labute approximate surface area is 132 Å². The lowest BCUT2D eigenvalue weighted by molar-refractivity contribution is 0.250. The zero-order valence-corrected chi connectivity index (χ0v) is 13.5. The molecule has 0 aliphatic heterocycles.